The molecule has 0 heterocycles. The van der Waals surface area contributed by atoms with E-state index in [0.717, 1.165) is 10.8 Å². The molecule has 3 aromatic rings. The molecule has 0 N–H and O–H groups in total. The van der Waals surface area contributed by atoms with Gasteiger partial charge in [-0.05, 0) is 47.2 Å². The average molecular weight is 383 g/mol. The Bertz CT molecular complexity index is 1050. The molecule has 0 radical (unpaired) electrons. The number of hydrogen-bond donors (Lipinski definition) is 0. The van der Waals surface area contributed by atoms with E-state index in [9.17, 15) is 13.2 Å². The number of sulfonamides is 1. The van der Waals surface area contributed by atoms with Crippen molar-refractivity contribution in [3.8, 4) is 5.75 Å². The van der Waals surface area contributed by atoms with Crippen LogP contribution in [0, 0.1) is 0 Å². The van der Waals surface area contributed by atoms with Crippen molar-refractivity contribution in [2.75, 3.05) is 13.1 Å². The minimum Gasteiger partial charge on any atom is -0.423 e. The van der Waals surface area contributed by atoms with E-state index < -0.39 is 16.0 Å². The lowest BCUT2D eigenvalue weighted by atomic mass is 10.1. The lowest BCUT2D eigenvalue weighted by molar-refractivity contribution is 0.0735. The van der Waals surface area contributed by atoms with E-state index in [0.29, 0.717) is 24.4 Å². The summed E-state index contributed by atoms with van der Waals surface area (Å²) in [6.45, 7) is 4.36. The summed E-state index contributed by atoms with van der Waals surface area (Å²) < 4.78 is 31.8. The average Bonchev–Trinajstić information content (AvgIpc) is 2.68. The first-order valence-corrected chi connectivity index (χ1v) is 10.2. The van der Waals surface area contributed by atoms with E-state index in [2.05, 4.69) is 0 Å². The summed E-state index contributed by atoms with van der Waals surface area (Å²) in [6, 6.07) is 19.0. The van der Waals surface area contributed by atoms with Crippen LogP contribution in [0.5, 0.6) is 5.75 Å². The molecule has 0 aliphatic heterocycles. The van der Waals surface area contributed by atoms with E-state index in [-0.39, 0.29) is 4.90 Å². The minimum atomic E-state index is -3.55. The lowest BCUT2D eigenvalue weighted by Gasteiger charge is -2.18. The second-order valence-electron chi connectivity index (χ2n) is 6.01. The Kier molecular flexibility index (Phi) is 5.58. The molecule has 0 aliphatic rings. The van der Waals surface area contributed by atoms with Gasteiger partial charge in [0.15, 0.2) is 0 Å². The molecule has 0 atom stereocenters. The van der Waals surface area contributed by atoms with Gasteiger partial charge in [0.1, 0.15) is 5.75 Å². The highest BCUT2D eigenvalue weighted by atomic mass is 32.2. The van der Waals surface area contributed by atoms with Crippen LogP contribution in [-0.4, -0.2) is 31.8 Å². The fourth-order valence-corrected chi connectivity index (χ4v) is 4.33. The minimum absolute atomic E-state index is 0.161. The van der Waals surface area contributed by atoms with Crippen molar-refractivity contribution >= 4 is 26.8 Å². The molecule has 0 fully saturated rings. The molecule has 0 saturated carbocycles. The van der Waals surface area contributed by atoms with Crippen LogP contribution in [-0.2, 0) is 10.0 Å². The van der Waals surface area contributed by atoms with Gasteiger partial charge in [0, 0.05) is 13.1 Å². The lowest BCUT2D eigenvalue weighted by Crippen LogP contribution is -2.30. The van der Waals surface area contributed by atoms with E-state index in [4.69, 9.17) is 4.74 Å². The van der Waals surface area contributed by atoms with Crippen LogP contribution in [0.2, 0.25) is 0 Å². The van der Waals surface area contributed by atoms with Crippen molar-refractivity contribution in [3.05, 3.63) is 72.3 Å². The van der Waals surface area contributed by atoms with Gasteiger partial charge in [-0.15, -0.1) is 0 Å². The van der Waals surface area contributed by atoms with Crippen LogP contribution in [0.15, 0.2) is 71.6 Å². The van der Waals surface area contributed by atoms with Crippen molar-refractivity contribution in [2.24, 2.45) is 0 Å². The van der Waals surface area contributed by atoms with E-state index in [1.807, 2.05) is 30.3 Å². The van der Waals surface area contributed by atoms with E-state index in [1.165, 1.54) is 28.6 Å². The monoisotopic (exact) mass is 383 g/mol. The number of ether oxygens (including phenoxy) is 1. The van der Waals surface area contributed by atoms with Gasteiger partial charge < -0.3 is 4.74 Å². The van der Waals surface area contributed by atoms with Gasteiger partial charge in [-0.3, -0.25) is 0 Å². The van der Waals surface area contributed by atoms with Crippen LogP contribution in [0.1, 0.15) is 24.2 Å². The Balaban J connectivity index is 1.79. The van der Waals surface area contributed by atoms with Crippen molar-refractivity contribution < 1.29 is 17.9 Å². The Hall–Kier alpha value is -2.70. The Labute approximate surface area is 159 Å². The second-order valence-corrected chi connectivity index (χ2v) is 7.95. The largest absolute Gasteiger partial charge is 0.423 e. The summed E-state index contributed by atoms with van der Waals surface area (Å²) in [7, 11) is -3.55. The summed E-state index contributed by atoms with van der Waals surface area (Å²) in [5, 5.41) is 2.03. The number of carbonyl (C=O) groups excluding carboxylic acids is 1. The maximum atomic E-state index is 12.5. The summed E-state index contributed by atoms with van der Waals surface area (Å²) in [6.07, 6.45) is 0. The van der Waals surface area contributed by atoms with Gasteiger partial charge in [-0.25, -0.2) is 13.2 Å². The Morgan fingerprint density at radius 1 is 0.889 bits per heavy atom. The fourth-order valence-electron chi connectivity index (χ4n) is 2.87. The third kappa shape index (κ3) is 4.02. The summed E-state index contributed by atoms with van der Waals surface area (Å²) in [5.74, 6) is -0.0874. The third-order valence-corrected chi connectivity index (χ3v) is 6.43. The highest BCUT2D eigenvalue weighted by Gasteiger charge is 2.22. The Morgan fingerprint density at radius 2 is 1.52 bits per heavy atom. The van der Waals surface area contributed by atoms with Gasteiger partial charge in [0.05, 0.1) is 10.5 Å². The number of benzene rings is 3. The molecule has 140 valence electrons. The highest BCUT2D eigenvalue weighted by Crippen LogP contribution is 2.22. The zero-order valence-corrected chi connectivity index (χ0v) is 16.1. The second kappa shape index (κ2) is 7.90. The number of nitrogens with zero attached hydrogens (tertiary/aromatic N) is 1. The van der Waals surface area contributed by atoms with Crippen molar-refractivity contribution in [1.29, 1.82) is 0 Å². The van der Waals surface area contributed by atoms with Crippen LogP contribution in [0.25, 0.3) is 10.8 Å². The normalized spacial score (nSPS) is 11.7. The molecule has 0 aromatic heterocycles. The number of carbonyl (C=O) groups is 1. The standard InChI is InChI=1S/C21H21NO4S/c1-3-22(4-2)27(24,25)20-13-10-17(11-14-20)21(23)26-19-12-9-16-7-5-6-8-18(16)15-19/h5-15H,3-4H2,1-2H3. The third-order valence-electron chi connectivity index (χ3n) is 4.36. The van der Waals surface area contributed by atoms with Crippen molar-refractivity contribution in [2.45, 2.75) is 18.7 Å². The predicted molar refractivity (Wildman–Crippen MR) is 105 cm³/mol. The fraction of sp³-hybridized carbons (Fsp3) is 0.190. The van der Waals surface area contributed by atoms with Crippen molar-refractivity contribution in [3.63, 3.8) is 0 Å². The first-order chi connectivity index (χ1) is 13.0. The van der Waals surface area contributed by atoms with Crippen LogP contribution in [0.4, 0.5) is 0 Å². The zero-order valence-electron chi connectivity index (χ0n) is 15.3. The van der Waals surface area contributed by atoms with E-state index >= 15 is 0 Å². The van der Waals surface area contributed by atoms with Crippen LogP contribution in [0.3, 0.4) is 0 Å². The van der Waals surface area contributed by atoms with Gasteiger partial charge in [-0.1, -0.05) is 44.2 Å². The number of hydrogen-bond acceptors (Lipinski definition) is 4. The molecular formula is C21H21NO4S. The molecule has 0 amide bonds. The van der Waals surface area contributed by atoms with Crippen molar-refractivity contribution in [1.82, 2.24) is 4.31 Å². The maximum Gasteiger partial charge on any atom is 0.343 e. The number of esters is 1. The summed E-state index contributed by atoms with van der Waals surface area (Å²) in [4.78, 5) is 12.5. The number of rotatable bonds is 6. The molecule has 0 bridgehead atoms. The van der Waals surface area contributed by atoms with Gasteiger partial charge >= 0.3 is 5.97 Å². The first kappa shape index (κ1) is 19.1. The molecule has 27 heavy (non-hydrogen) atoms. The Morgan fingerprint density at radius 3 is 2.15 bits per heavy atom. The molecule has 3 rings (SSSR count). The molecule has 0 aliphatic carbocycles. The molecule has 0 saturated heterocycles. The van der Waals surface area contributed by atoms with Gasteiger partial charge in [0.25, 0.3) is 0 Å². The summed E-state index contributed by atoms with van der Waals surface area (Å²) in [5.41, 5.74) is 0.293. The number of fused-ring (bicyclic) bond motifs is 1. The molecule has 0 unspecified atom stereocenters. The van der Waals surface area contributed by atoms with Gasteiger partial charge in [0.2, 0.25) is 10.0 Å². The molecule has 0 spiro atoms. The van der Waals surface area contributed by atoms with Crippen LogP contribution < -0.4 is 4.74 Å². The van der Waals surface area contributed by atoms with E-state index in [1.54, 1.807) is 26.0 Å². The highest BCUT2D eigenvalue weighted by molar-refractivity contribution is 7.89. The van der Waals surface area contributed by atoms with Gasteiger partial charge in [-0.2, -0.15) is 4.31 Å². The predicted octanol–water partition coefficient (Wildman–Crippen LogP) is 4.09. The maximum absolute atomic E-state index is 12.5. The topological polar surface area (TPSA) is 63.7 Å². The molecule has 5 nitrogen and oxygen atoms in total. The smallest absolute Gasteiger partial charge is 0.343 e. The summed E-state index contributed by atoms with van der Waals surface area (Å²) >= 11 is 0. The molecular weight excluding hydrogens is 362 g/mol. The quantitative estimate of drug-likeness (QED) is 0.475. The molecule has 6 heteroatoms. The van der Waals surface area contributed by atoms with Crippen LogP contribution >= 0.6 is 0 Å². The first-order valence-electron chi connectivity index (χ1n) is 8.77. The SMILES string of the molecule is CCN(CC)S(=O)(=O)c1ccc(C(=O)Oc2ccc3ccccc3c2)cc1. The molecule has 3 aromatic carbocycles. The zero-order chi connectivity index (χ0) is 19.4.